The third kappa shape index (κ3) is 45.9. The first-order chi connectivity index (χ1) is 29.1. The Kier molecular flexibility index (Phi) is 44.2. The van der Waals surface area contributed by atoms with Crippen LogP contribution >= 0.6 is 0 Å². The monoisotopic (exact) mass is 849 g/mol. The van der Waals surface area contributed by atoms with E-state index in [1.54, 1.807) is 0 Å². The predicted molar refractivity (Wildman–Crippen MR) is 256 cm³/mol. The number of unbranched alkanes of at least 4 members (excludes halogenated alkanes) is 29. The van der Waals surface area contributed by atoms with Crippen LogP contribution < -0.4 is 0 Å². The molecule has 0 aliphatic heterocycles. The molecule has 0 aromatic carbocycles. The Morgan fingerprint density at radius 1 is 0.333 bits per heavy atom. The molecule has 0 aromatic heterocycles. The largest absolute Gasteiger partial charge is 0.462 e. The summed E-state index contributed by atoms with van der Waals surface area (Å²) in [6, 6.07) is 0. The van der Waals surface area contributed by atoms with Crippen molar-refractivity contribution in [3.8, 4) is 0 Å². The van der Waals surface area contributed by atoms with Gasteiger partial charge in [0.2, 0.25) is 0 Å². The lowest BCUT2D eigenvalue weighted by molar-refractivity contribution is -0.167. The molecule has 0 rings (SSSR count). The molecular weight excluding hydrogens is 745 g/mol. The number of hydrogen-bond acceptors (Lipinski definition) is 6. The average molecular weight is 849 g/mol. The number of carbonyl (C=O) groups excluding carboxylic acids is 3. The van der Waals surface area contributed by atoms with Crippen LogP contribution in [-0.4, -0.2) is 37.2 Å². The molecule has 60 heavy (non-hydrogen) atoms. The normalized spacial score (nSPS) is 12.6. The molecule has 0 spiro atoms. The van der Waals surface area contributed by atoms with Gasteiger partial charge < -0.3 is 14.2 Å². The van der Waals surface area contributed by atoms with Crippen molar-refractivity contribution in [3.05, 3.63) is 0 Å². The highest BCUT2D eigenvalue weighted by atomic mass is 16.6. The Labute approximate surface area is 374 Å². The van der Waals surface area contributed by atoms with Gasteiger partial charge in [0.25, 0.3) is 0 Å². The highest BCUT2D eigenvalue weighted by Crippen LogP contribution is 2.18. The summed E-state index contributed by atoms with van der Waals surface area (Å²) >= 11 is 0. The number of ether oxygens (including phenoxy) is 3. The van der Waals surface area contributed by atoms with Gasteiger partial charge in [0, 0.05) is 19.3 Å². The first-order valence-electron chi connectivity index (χ1n) is 26.6. The molecule has 0 bridgehead atoms. The van der Waals surface area contributed by atoms with Crippen molar-refractivity contribution in [3.63, 3.8) is 0 Å². The van der Waals surface area contributed by atoms with Crippen molar-refractivity contribution < 1.29 is 28.6 Å². The van der Waals surface area contributed by atoms with E-state index in [2.05, 4.69) is 41.5 Å². The summed E-state index contributed by atoms with van der Waals surface area (Å²) in [6.45, 7) is 13.7. The van der Waals surface area contributed by atoms with Gasteiger partial charge in [-0.15, -0.1) is 0 Å². The van der Waals surface area contributed by atoms with Crippen molar-refractivity contribution in [1.82, 2.24) is 0 Å². The SMILES string of the molecule is CCC(C)CCCCCCCCCCCCCCCCC(=O)O[C@H](COC(=O)CCCCCCCCCCCCC(C)C)COC(=O)CCCCCCCCCCC(C)C. The van der Waals surface area contributed by atoms with Crippen LogP contribution in [0.3, 0.4) is 0 Å². The number of esters is 3. The predicted octanol–water partition coefficient (Wildman–Crippen LogP) is 17.2. The van der Waals surface area contributed by atoms with Crippen LogP contribution in [0.5, 0.6) is 0 Å². The van der Waals surface area contributed by atoms with Crippen LogP contribution in [0.4, 0.5) is 0 Å². The van der Waals surface area contributed by atoms with E-state index in [0.29, 0.717) is 19.3 Å². The molecule has 356 valence electrons. The molecule has 6 heteroatoms. The zero-order valence-electron chi connectivity index (χ0n) is 41.3. The summed E-state index contributed by atoms with van der Waals surface area (Å²) in [4.78, 5) is 38.0. The smallest absolute Gasteiger partial charge is 0.306 e. The van der Waals surface area contributed by atoms with E-state index < -0.39 is 6.10 Å². The fraction of sp³-hybridized carbons (Fsp3) is 0.944. The van der Waals surface area contributed by atoms with Crippen molar-refractivity contribution in [2.45, 2.75) is 298 Å². The second-order valence-corrected chi connectivity index (χ2v) is 19.7. The standard InChI is InChI=1S/C54H104O6/c1-7-50(6)42-36-30-24-17-12-10-8-9-11-13-19-27-33-39-45-54(57)60-51(47-59-53(56)44-38-32-26-21-20-23-29-35-41-49(4)5)46-58-52(55)43-37-31-25-18-15-14-16-22-28-34-40-48(2)3/h48-51H,7-47H2,1-6H3/t50?,51-/m1/s1. The summed E-state index contributed by atoms with van der Waals surface area (Å²) in [6.07, 6.45) is 45.2. The summed E-state index contributed by atoms with van der Waals surface area (Å²) in [7, 11) is 0. The zero-order valence-corrected chi connectivity index (χ0v) is 41.3. The van der Waals surface area contributed by atoms with Crippen molar-refractivity contribution >= 4 is 17.9 Å². The van der Waals surface area contributed by atoms with Crippen LogP contribution in [-0.2, 0) is 28.6 Å². The maximum Gasteiger partial charge on any atom is 0.306 e. The van der Waals surface area contributed by atoms with E-state index in [1.807, 2.05) is 0 Å². The molecule has 0 aliphatic carbocycles. The molecule has 6 nitrogen and oxygen atoms in total. The summed E-state index contributed by atoms with van der Waals surface area (Å²) in [5, 5.41) is 0. The van der Waals surface area contributed by atoms with Gasteiger partial charge in [-0.1, -0.05) is 253 Å². The summed E-state index contributed by atoms with van der Waals surface area (Å²) in [5.74, 6) is 1.66. The number of rotatable bonds is 47. The van der Waals surface area contributed by atoms with Gasteiger partial charge in [-0.2, -0.15) is 0 Å². The van der Waals surface area contributed by atoms with Crippen molar-refractivity contribution in [2.75, 3.05) is 13.2 Å². The quantitative estimate of drug-likeness (QED) is 0.0345. The van der Waals surface area contributed by atoms with E-state index in [4.69, 9.17) is 14.2 Å². The van der Waals surface area contributed by atoms with E-state index in [0.717, 1.165) is 75.5 Å². The second kappa shape index (κ2) is 45.4. The Bertz CT molecular complexity index is 931. The highest BCUT2D eigenvalue weighted by molar-refractivity contribution is 5.71. The third-order valence-electron chi connectivity index (χ3n) is 12.5. The molecule has 0 fully saturated rings. The lowest BCUT2D eigenvalue weighted by Gasteiger charge is -2.18. The Morgan fingerprint density at radius 3 is 0.867 bits per heavy atom. The molecule has 0 heterocycles. The third-order valence-corrected chi connectivity index (χ3v) is 12.5. The van der Waals surface area contributed by atoms with Gasteiger partial charge in [0.15, 0.2) is 6.10 Å². The molecule has 0 aliphatic rings. The highest BCUT2D eigenvalue weighted by Gasteiger charge is 2.19. The summed E-state index contributed by atoms with van der Waals surface area (Å²) < 4.78 is 16.8. The van der Waals surface area contributed by atoms with Gasteiger partial charge in [0.1, 0.15) is 13.2 Å². The topological polar surface area (TPSA) is 78.9 Å². The Balaban J connectivity index is 4.30. The van der Waals surface area contributed by atoms with E-state index in [1.165, 1.54) is 173 Å². The lowest BCUT2D eigenvalue weighted by Crippen LogP contribution is -2.30. The van der Waals surface area contributed by atoms with Crippen LogP contribution in [0, 0.1) is 17.8 Å². The Hall–Kier alpha value is -1.59. The minimum Gasteiger partial charge on any atom is -0.462 e. The molecule has 0 radical (unpaired) electrons. The molecule has 0 saturated carbocycles. The molecule has 0 saturated heterocycles. The maximum atomic E-state index is 12.8. The maximum absolute atomic E-state index is 12.8. The zero-order chi connectivity index (χ0) is 44.2. The van der Waals surface area contributed by atoms with E-state index in [9.17, 15) is 14.4 Å². The number of carbonyl (C=O) groups is 3. The average Bonchev–Trinajstić information content (AvgIpc) is 3.22. The molecule has 0 amide bonds. The van der Waals surface area contributed by atoms with Gasteiger partial charge in [-0.3, -0.25) is 14.4 Å². The lowest BCUT2D eigenvalue weighted by atomic mass is 9.99. The molecule has 0 N–H and O–H groups in total. The van der Waals surface area contributed by atoms with Crippen LogP contribution in [0.15, 0.2) is 0 Å². The van der Waals surface area contributed by atoms with Crippen LogP contribution in [0.1, 0.15) is 292 Å². The van der Waals surface area contributed by atoms with Crippen LogP contribution in [0.2, 0.25) is 0 Å². The first kappa shape index (κ1) is 58.4. The first-order valence-corrected chi connectivity index (χ1v) is 26.6. The summed E-state index contributed by atoms with van der Waals surface area (Å²) in [5.41, 5.74) is 0. The molecule has 1 unspecified atom stereocenters. The fourth-order valence-corrected chi connectivity index (χ4v) is 8.08. The van der Waals surface area contributed by atoms with E-state index >= 15 is 0 Å². The van der Waals surface area contributed by atoms with E-state index in [-0.39, 0.29) is 31.1 Å². The van der Waals surface area contributed by atoms with Crippen molar-refractivity contribution in [2.24, 2.45) is 17.8 Å². The van der Waals surface area contributed by atoms with Gasteiger partial charge in [0.05, 0.1) is 0 Å². The second-order valence-electron chi connectivity index (χ2n) is 19.7. The fourth-order valence-electron chi connectivity index (χ4n) is 8.08. The minimum atomic E-state index is -0.763. The molecule has 2 atom stereocenters. The number of hydrogen-bond donors (Lipinski definition) is 0. The van der Waals surface area contributed by atoms with Gasteiger partial charge >= 0.3 is 17.9 Å². The molecular formula is C54H104O6. The van der Waals surface area contributed by atoms with Crippen molar-refractivity contribution in [1.29, 1.82) is 0 Å². The van der Waals surface area contributed by atoms with Gasteiger partial charge in [-0.05, 0) is 37.0 Å². The Morgan fingerprint density at radius 2 is 0.583 bits per heavy atom. The minimum absolute atomic E-state index is 0.0649. The molecule has 0 aromatic rings. The van der Waals surface area contributed by atoms with Crippen LogP contribution in [0.25, 0.3) is 0 Å². The van der Waals surface area contributed by atoms with Gasteiger partial charge in [-0.25, -0.2) is 0 Å².